The number of aliphatic imine (C=N–C) groups is 2. The van der Waals surface area contributed by atoms with Gasteiger partial charge >= 0.3 is 39.6 Å². The monoisotopic (exact) mass is 600 g/mol. The van der Waals surface area contributed by atoms with E-state index in [0.29, 0.717) is 0 Å². The van der Waals surface area contributed by atoms with E-state index in [1.807, 2.05) is 26.0 Å². The molecule has 0 fully saturated rings. The molecular weight excluding hydrogens is 572 g/mol. The third-order valence-electron chi connectivity index (χ3n) is 5.15. The second-order valence-corrected chi connectivity index (χ2v) is 13.7. The van der Waals surface area contributed by atoms with Crippen LogP contribution in [0.3, 0.4) is 0 Å². The van der Waals surface area contributed by atoms with Gasteiger partial charge in [0.15, 0.2) is 0 Å². The van der Waals surface area contributed by atoms with E-state index in [9.17, 15) is 0 Å². The molecule has 0 unspecified atom stereocenters. The molecule has 0 saturated heterocycles. The average Bonchev–Trinajstić information content (AvgIpc) is 3.18. The predicted octanol–water partition coefficient (Wildman–Crippen LogP) is 9.10. The molecule has 0 aliphatic rings. The van der Waals surface area contributed by atoms with E-state index in [1.54, 1.807) is 0 Å². The van der Waals surface area contributed by atoms with Crippen LogP contribution < -0.4 is 0 Å². The van der Waals surface area contributed by atoms with Crippen LogP contribution in [0.2, 0.25) is 0 Å². The molecule has 6 heteroatoms. The first-order chi connectivity index (χ1) is 15.1. The Kier molecular flexibility index (Phi) is 10.2. The summed E-state index contributed by atoms with van der Waals surface area (Å²) in [6.45, 7) is 16.6. The number of aryl methyl sites for hydroxylation is 6. The Morgan fingerprint density at radius 2 is 0.938 bits per heavy atom. The van der Waals surface area contributed by atoms with E-state index in [2.05, 4.69) is 94.0 Å². The number of furan rings is 1. The van der Waals surface area contributed by atoms with Crippen molar-refractivity contribution in [2.45, 2.75) is 55.4 Å². The first kappa shape index (κ1) is 26.8. The standard InChI is InChI=1S/C26H30N2O.2BrH.Fe/c1-15-11-17(3)25(18(4)12-15)27-21(7)23-9-10-24(29-23)22(8)28-26-19(5)13-16(2)14-20(26)6;;;/h9-14H,1-8H3;2*1H;/q;;;+2/p-2. The number of hydrogen-bond acceptors (Lipinski definition) is 3. The van der Waals surface area contributed by atoms with Crippen LogP contribution in [-0.4, -0.2) is 11.4 Å². The Balaban J connectivity index is 0.00000114. The van der Waals surface area contributed by atoms with Crippen molar-refractivity contribution in [3.8, 4) is 0 Å². The van der Waals surface area contributed by atoms with E-state index in [4.69, 9.17) is 14.4 Å². The molecule has 32 heavy (non-hydrogen) atoms. The van der Waals surface area contributed by atoms with E-state index >= 15 is 0 Å². The molecule has 0 amide bonds. The molecule has 0 spiro atoms. The van der Waals surface area contributed by atoms with Crippen LogP contribution in [0.25, 0.3) is 0 Å². The van der Waals surface area contributed by atoms with Crippen LogP contribution in [0, 0.1) is 41.5 Å². The van der Waals surface area contributed by atoms with Crippen molar-refractivity contribution in [1.82, 2.24) is 0 Å². The van der Waals surface area contributed by atoms with E-state index in [1.165, 1.54) is 33.4 Å². The summed E-state index contributed by atoms with van der Waals surface area (Å²) in [7, 11) is 0. The number of rotatable bonds is 4. The molecule has 3 aromatic rings. The van der Waals surface area contributed by atoms with Crippen molar-refractivity contribution in [2.75, 3.05) is 0 Å². The second kappa shape index (κ2) is 12.1. The van der Waals surface area contributed by atoms with E-state index in [0.717, 1.165) is 45.7 Å². The molecule has 0 bridgehead atoms. The molecule has 0 aliphatic heterocycles. The molecule has 0 saturated carbocycles. The summed E-state index contributed by atoms with van der Waals surface area (Å²) in [5, 5.41) is 0. The van der Waals surface area contributed by atoms with Crippen LogP contribution in [0.1, 0.15) is 58.7 Å². The fourth-order valence-electron chi connectivity index (χ4n) is 3.87. The zero-order chi connectivity index (χ0) is 24.0. The first-order valence-corrected chi connectivity index (χ1v) is 15.7. The Hall–Kier alpha value is -1.46. The van der Waals surface area contributed by atoms with E-state index < -0.39 is 0 Å². The molecule has 2 aromatic carbocycles. The molecule has 1 heterocycles. The maximum atomic E-state index is 6.10. The SMILES string of the molecule is CC(=Nc1c(C)cc(C)cc1C)c1ccc(C(C)=Nc2c(C)cc(C)cc2C)o1.[Br][Fe][Br]. The molecule has 0 atom stereocenters. The minimum absolute atomic E-state index is 0.770. The fraction of sp³-hybridized carbons (Fsp3) is 0.308. The molecular formula is C26H30Br2FeN2O. The number of benzene rings is 2. The Morgan fingerprint density at radius 1 is 0.656 bits per heavy atom. The summed E-state index contributed by atoms with van der Waals surface area (Å²) in [5.41, 5.74) is 11.0. The number of hydrogen-bond donors (Lipinski definition) is 0. The Morgan fingerprint density at radius 3 is 1.22 bits per heavy atom. The topological polar surface area (TPSA) is 37.9 Å². The van der Waals surface area contributed by atoms with E-state index in [-0.39, 0.29) is 0 Å². The van der Waals surface area contributed by atoms with Crippen molar-refractivity contribution in [1.29, 1.82) is 0 Å². The van der Waals surface area contributed by atoms with Gasteiger partial charge in [0.1, 0.15) is 11.5 Å². The van der Waals surface area contributed by atoms with Gasteiger partial charge in [0.25, 0.3) is 0 Å². The quantitative estimate of drug-likeness (QED) is 0.217. The summed E-state index contributed by atoms with van der Waals surface area (Å²) >= 11 is 7.00. The number of nitrogens with zero attached hydrogens (tertiary/aromatic N) is 2. The molecule has 172 valence electrons. The summed E-state index contributed by atoms with van der Waals surface area (Å²) in [6, 6.07) is 12.6. The van der Waals surface area contributed by atoms with Gasteiger partial charge in [-0.05, 0) is 89.8 Å². The van der Waals surface area contributed by atoms with Crippen LogP contribution in [-0.2, 0) is 11.3 Å². The molecule has 0 aliphatic carbocycles. The minimum atomic E-state index is 0.770. The summed E-state index contributed by atoms with van der Waals surface area (Å²) < 4.78 is 6.10. The van der Waals surface area contributed by atoms with Gasteiger partial charge in [-0.15, -0.1) is 0 Å². The van der Waals surface area contributed by atoms with Gasteiger partial charge < -0.3 is 4.42 Å². The van der Waals surface area contributed by atoms with Gasteiger partial charge in [-0.2, -0.15) is 0 Å². The summed E-state index contributed by atoms with van der Waals surface area (Å²) in [6.07, 6.45) is 0. The summed E-state index contributed by atoms with van der Waals surface area (Å²) in [5.74, 6) is 1.54. The second-order valence-electron chi connectivity index (χ2n) is 8.10. The first-order valence-electron chi connectivity index (χ1n) is 10.3. The van der Waals surface area contributed by atoms with Gasteiger partial charge in [-0.25, -0.2) is 9.98 Å². The van der Waals surface area contributed by atoms with Crippen LogP contribution >= 0.6 is 28.2 Å². The molecule has 0 radical (unpaired) electrons. The third-order valence-corrected chi connectivity index (χ3v) is 5.15. The van der Waals surface area contributed by atoms with Crippen molar-refractivity contribution in [3.05, 3.63) is 81.3 Å². The maximum absolute atomic E-state index is 6.10. The zero-order valence-corrected chi connectivity index (χ0v) is 24.2. The van der Waals surface area contributed by atoms with Crippen LogP contribution in [0.4, 0.5) is 11.4 Å². The zero-order valence-electron chi connectivity index (χ0n) is 19.9. The fourth-order valence-corrected chi connectivity index (χ4v) is 3.87. The van der Waals surface area contributed by atoms with Crippen LogP contribution in [0.15, 0.2) is 50.8 Å². The van der Waals surface area contributed by atoms with Gasteiger partial charge in [-0.3, -0.25) is 0 Å². The molecule has 1 aromatic heterocycles. The Bertz CT molecular complexity index is 1030. The predicted molar refractivity (Wildman–Crippen MR) is 142 cm³/mol. The summed E-state index contributed by atoms with van der Waals surface area (Å²) in [4.78, 5) is 9.69. The molecule has 0 N–H and O–H groups in total. The Labute approximate surface area is 212 Å². The third kappa shape index (κ3) is 7.02. The van der Waals surface area contributed by atoms with Gasteiger partial charge in [-0.1, -0.05) is 35.4 Å². The van der Waals surface area contributed by atoms with Crippen molar-refractivity contribution >= 4 is 51.0 Å². The van der Waals surface area contributed by atoms with Gasteiger partial charge in [0.05, 0.1) is 22.8 Å². The van der Waals surface area contributed by atoms with Crippen molar-refractivity contribution in [3.63, 3.8) is 0 Å². The van der Waals surface area contributed by atoms with Gasteiger partial charge in [0.2, 0.25) is 0 Å². The van der Waals surface area contributed by atoms with Gasteiger partial charge in [0, 0.05) is 0 Å². The van der Waals surface area contributed by atoms with Crippen molar-refractivity contribution in [2.24, 2.45) is 9.98 Å². The average molecular weight is 602 g/mol. The molecule has 3 nitrogen and oxygen atoms in total. The van der Waals surface area contributed by atoms with Crippen LogP contribution in [0.5, 0.6) is 0 Å². The molecule has 3 rings (SSSR count). The number of halogens is 2. The normalized spacial score (nSPS) is 12.1. The van der Waals surface area contributed by atoms with Crippen molar-refractivity contribution < 1.29 is 15.8 Å².